The summed E-state index contributed by atoms with van der Waals surface area (Å²) >= 11 is 0. The van der Waals surface area contributed by atoms with Gasteiger partial charge in [-0.3, -0.25) is 0 Å². The largest absolute Gasteiger partial charge is 0.493 e. The first-order chi connectivity index (χ1) is 8.55. The molecule has 1 aromatic rings. The number of piperidine rings is 1. The molecule has 1 aliphatic rings. The molecule has 2 nitrogen and oxygen atoms in total. The van der Waals surface area contributed by atoms with Crippen LogP contribution in [0.4, 0.5) is 13.2 Å². The molecular weight excluding hydrogens is 243 g/mol. The van der Waals surface area contributed by atoms with Gasteiger partial charge in [0.2, 0.25) is 0 Å². The van der Waals surface area contributed by atoms with Crippen LogP contribution in [-0.2, 0) is 6.18 Å². The highest BCUT2D eigenvalue weighted by molar-refractivity contribution is 5.30. The summed E-state index contributed by atoms with van der Waals surface area (Å²) in [5.41, 5.74) is -0.662. The third-order valence-corrected chi connectivity index (χ3v) is 3.11. The van der Waals surface area contributed by atoms with Gasteiger partial charge in [-0.1, -0.05) is 6.07 Å². The van der Waals surface area contributed by atoms with Crippen LogP contribution >= 0.6 is 0 Å². The molecule has 0 unspecified atom stereocenters. The third kappa shape index (κ3) is 3.63. The molecule has 1 saturated heterocycles. The van der Waals surface area contributed by atoms with Gasteiger partial charge in [0, 0.05) is 0 Å². The molecule has 1 heterocycles. The minimum atomic E-state index is -4.31. The third-order valence-electron chi connectivity index (χ3n) is 3.11. The van der Waals surface area contributed by atoms with Crippen molar-refractivity contribution in [3.63, 3.8) is 0 Å². The molecule has 0 aliphatic carbocycles. The summed E-state index contributed by atoms with van der Waals surface area (Å²) in [6.07, 6.45) is -2.29. The van der Waals surface area contributed by atoms with Crippen LogP contribution in [0, 0.1) is 5.92 Å². The summed E-state index contributed by atoms with van der Waals surface area (Å²) in [6.45, 7) is 2.40. The van der Waals surface area contributed by atoms with Crippen molar-refractivity contribution in [1.29, 1.82) is 0 Å². The molecule has 18 heavy (non-hydrogen) atoms. The summed E-state index contributed by atoms with van der Waals surface area (Å²) < 4.78 is 43.0. The van der Waals surface area contributed by atoms with Gasteiger partial charge in [0.25, 0.3) is 0 Å². The Bertz CT molecular complexity index is 386. The molecule has 5 heteroatoms. The van der Waals surface area contributed by atoms with Gasteiger partial charge in [-0.2, -0.15) is 13.2 Å². The number of alkyl halides is 3. The van der Waals surface area contributed by atoms with Crippen molar-refractivity contribution in [3.8, 4) is 5.75 Å². The van der Waals surface area contributed by atoms with Gasteiger partial charge in [0.15, 0.2) is 0 Å². The summed E-state index contributed by atoms with van der Waals surface area (Å²) in [6, 6.07) is 5.05. The lowest BCUT2D eigenvalue weighted by Gasteiger charge is -2.22. The van der Waals surface area contributed by atoms with Crippen LogP contribution in [0.5, 0.6) is 5.75 Å². The molecule has 0 atom stereocenters. The number of hydrogen-bond donors (Lipinski definition) is 1. The van der Waals surface area contributed by atoms with Crippen molar-refractivity contribution in [2.75, 3.05) is 19.7 Å². The molecule has 0 saturated carbocycles. The summed E-state index contributed by atoms with van der Waals surface area (Å²) in [4.78, 5) is 0. The molecule has 1 aliphatic heterocycles. The molecule has 1 N–H and O–H groups in total. The first-order valence-electron chi connectivity index (χ1n) is 6.06. The molecule has 0 spiro atoms. The zero-order valence-corrected chi connectivity index (χ0v) is 9.96. The Labute approximate surface area is 104 Å². The van der Waals surface area contributed by atoms with Crippen LogP contribution < -0.4 is 10.1 Å². The SMILES string of the molecule is FC(F)(F)c1cccc(OCC2CCNCC2)c1. The Hall–Kier alpha value is -1.23. The van der Waals surface area contributed by atoms with E-state index in [4.69, 9.17) is 4.74 Å². The fourth-order valence-corrected chi connectivity index (χ4v) is 2.02. The van der Waals surface area contributed by atoms with Crippen LogP contribution in [0.3, 0.4) is 0 Å². The Balaban J connectivity index is 1.92. The van der Waals surface area contributed by atoms with Crippen LogP contribution in [0.15, 0.2) is 24.3 Å². The van der Waals surface area contributed by atoms with Gasteiger partial charge in [-0.25, -0.2) is 0 Å². The highest BCUT2D eigenvalue weighted by atomic mass is 19.4. The lowest BCUT2D eigenvalue weighted by molar-refractivity contribution is -0.137. The predicted octanol–water partition coefficient (Wildman–Crippen LogP) is 3.08. The minimum absolute atomic E-state index is 0.295. The molecule has 100 valence electrons. The fraction of sp³-hybridized carbons (Fsp3) is 0.538. The second-order valence-electron chi connectivity index (χ2n) is 4.53. The smallest absolute Gasteiger partial charge is 0.416 e. The lowest BCUT2D eigenvalue weighted by Crippen LogP contribution is -2.30. The molecule has 0 aromatic heterocycles. The maximum Gasteiger partial charge on any atom is 0.416 e. The van der Waals surface area contributed by atoms with E-state index in [-0.39, 0.29) is 0 Å². The van der Waals surface area contributed by atoms with Crippen LogP contribution in [0.25, 0.3) is 0 Å². The molecule has 1 fully saturated rings. The Morgan fingerprint density at radius 1 is 1.22 bits per heavy atom. The van der Waals surface area contributed by atoms with Gasteiger partial charge >= 0.3 is 6.18 Å². The number of nitrogens with one attached hydrogen (secondary N) is 1. The minimum Gasteiger partial charge on any atom is -0.493 e. The molecule has 2 rings (SSSR count). The standard InChI is InChI=1S/C13H16F3NO/c14-13(15,16)11-2-1-3-12(8-11)18-9-10-4-6-17-7-5-10/h1-3,8,10,17H,4-7,9H2. The quantitative estimate of drug-likeness (QED) is 0.900. The number of hydrogen-bond acceptors (Lipinski definition) is 2. The van der Waals surface area contributed by atoms with Gasteiger partial charge in [-0.05, 0) is 50.0 Å². The molecular formula is C13H16F3NO. The van der Waals surface area contributed by atoms with Crippen molar-refractivity contribution in [2.24, 2.45) is 5.92 Å². The van der Waals surface area contributed by atoms with Gasteiger partial charge in [-0.15, -0.1) is 0 Å². The van der Waals surface area contributed by atoms with E-state index in [2.05, 4.69) is 5.32 Å². The van der Waals surface area contributed by atoms with E-state index in [0.29, 0.717) is 18.3 Å². The van der Waals surface area contributed by atoms with Crippen molar-refractivity contribution < 1.29 is 17.9 Å². The van der Waals surface area contributed by atoms with Crippen molar-refractivity contribution >= 4 is 0 Å². The normalized spacial score (nSPS) is 17.7. The highest BCUT2D eigenvalue weighted by Gasteiger charge is 2.30. The van der Waals surface area contributed by atoms with Crippen LogP contribution in [0.2, 0.25) is 0 Å². The van der Waals surface area contributed by atoms with E-state index < -0.39 is 11.7 Å². The van der Waals surface area contributed by atoms with Crippen LogP contribution in [-0.4, -0.2) is 19.7 Å². The Kier molecular flexibility index (Phi) is 4.11. The van der Waals surface area contributed by atoms with E-state index >= 15 is 0 Å². The second-order valence-corrected chi connectivity index (χ2v) is 4.53. The number of benzene rings is 1. The Morgan fingerprint density at radius 2 is 1.94 bits per heavy atom. The summed E-state index contributed by atoms with van der Waals surface area (Å²) in [5, 5.41) is 3.24. The fourth-order valence-electron chi connectivity index (χ4n) is 2.02. The first-order valence-corrected chi connectivity index (χ1v) is 6.06. The van der Waals surface area contributed by atoms with E-state index in [1.807, 2.05) is 0 Å². The second kappa shape index (κ2) is 5.61. The van der Waals surface area contributed by atoms with Crippen LogP contribution in [0.1, 0.15) is 18.4 Å². The van der Waals surface area contributed by atoms with E-state index in [1.54, 1.807) is 6.07 Å². The van der Waals surface area contributed by atoms with E-state index in [0.717, 1.165) is 38.1 Å². The van der Waals surface area contributed by atoms with E-state index in [1.165, 1.54) is 6.07 Å². The Morgan fingerprint density at radius 3 is 2.61 bits per heavy atom. The zero-order valence-electron chi connectivity index (χ0n) is 9.96. The molecule has 0 amide bonds. The summed E-state index contributed by atoms with van der Waals surface area (Å²) in [5.74, 6) is 0.726. The van der Waals surface area contributed by atoms with Gasteiger partial charge < -0.3 is 10.1 Å². The van der Waals surface area contributed by atoms with Gasteiger partial charge in [0.1, 0.15) is 5.75 Å². The molecule has 0 radical (unpaired) electrons. The van der Waals surface area contributed by atoms with Crippen molar-refractivity contribution in [1.82, 2.24) is 5.32 Å². The summed E-state index contributed by atoms with van der Waals surface area (Å²) in [7, 11) is 0. The molecule has 1 aromatic carbocycles. The topological polar surface area (TPSA) is 21.3 Å². The average molecular weight is 259 g/mol. The maximum absolute atomic E-state index is 12.5. The first kappa shape index (κ1) is 13.2. The van der Waals surface area contributed by atoms with E-state index in [9.17, 15) is 13.2 Å². The number of halogens is 3. The highest BCUT2D eigenvalue weighted by Crippen LogP contribution is 2.31. The number of ether oxygens (including phenoxy) is 1. The monoisotopic (exact) mass is 259 g/mol. The lowest BCUT2D eigenvalue weighted by atomic mass is 9.99. The van der Waals surface area contributed by atoms with Gasteiger partial charge in [0.05, 0.1) is 12.2 Å². The zero-order chi connectivity index (χ0) is 13.0. The predicted molar refractivity (Wildman–Crippen MR) is 62.5 cm³/mol. The molecule has 0 bridgehead atoms. The number of rotatable bonds is 3. The van der Waals surface area contributed by atoms with Crippen molar-refractivity contribution in [3.05, 3.63) is 29.8 Å². The average Bonchev–Trinajstić information content (AvgIpc) is 2.37. The maximum atomic E-state index is 12.5. The van der Waals surface area contributed by atoms with Crippen molar-refractivity contribution in [2.45, 2.75) is 19.0 Å².